The molecule has 1 saturated heterocycles. The standard InChI is InChI=1S/C24H32ClN5O3/c1-5-8-17-13-18(27-26-17)16-29(4)21(31)14-24(19-9-6-7-10-20(19)25)15-22(32)30(23(24)33)12-11-28(2)3/h6-7,9-10,13H,5,8,11-12,14-16H2,1-4H3,(H,26,27)/t24-/m0/s1. The molecule has 8 nitrogen and oxygen atoms in total. The molecule has 1 aromatic carbocycles. The number of nitrogens with one attached hydrogen (secondary N) is 1. The summed E-state index contributed by atoms with van der Waals surface area (Å²) in [6.07, 6.45) is 1.64. The van der Waals surface area contributed by atoms with Gasteiger partial charge in [-0.3, -0.25) is 24.4 Å². The summed E-state index contributed by atoms with van der Waals surface area (Å²) in [5.74, 6) is -0.886. The molecule has 0 unspecified atom stereocenters. The molecule has 1 aliphatic heterocycles. The minimum atomic E-state index is -1.31. The second kappa shape index (κ2) is 10.5. The van der Waals surface area contributed by atoms with Crippen LogP contribution in [0.1, 0.15) is 43.1 Å². The van der Waals surface area contributed by atoms with Gasteiger partial charge in [0.25, 0.3) is 0 Å². The van der Waals surface area contributed by atoms with E-state index in [1.54, 1.807) is 36.2 Å². The van der Waals surface area contributed by atoms with Crippen LogP contribution in [-0.2, 0) is 32.8 Å². The highest BCUT2D eigenvalue weighted by molar-refractivity contribution is 6.32. The van der Waals surface area contributed by atoms with Crippen molar-refractivity contribution >= 4 is 29.3 Å². The number of aromatic nitrogens is 2. The average Bonchev–Trinajstić information content (AvgIpc) is 3.29. The van der Waals surface area contributed by atoms with Crippen molar-refractivity contribution in [1.29, 1.82) is 0 Å². The average molecular weight is 474 g/mol. The smallest absolute Gasteiger partial charge is 0.240 e. The summed E-state index contributed by atoms with van der Waals surface area (Å²) in [6.45, 7) is 3.24. The van der Waals surface area contributed by atoms with E-state index in [9.17, 15) is 14.4 Å². The molecule has 1 aliphatic rings. The molecule has 0 spiro atoms. The van der Waals surface area contributed by atoms with Gasteiger partial charge in [-0.15, -0.1) is 0 Å². The predicted octanol–water partition coefficient (Wildman–Crippen LogP) is 2.62. The third kappa shape index (κ3) is 5.45. The number of likely N-dealkylation sites (N-methyl/N-ethyl adjacent to an activating group) is 1. The summed E-state index contributed by atoms with van der Waals surface area (Å²) in [7, 11) is 5.45. The zero-order valence-corrected chi connectivity index (χ0v) is 20.5. The molecule has 1 N–H and O–H groups in total. The van der Waals surface area contributed by atoms with Crippen molar-refractivity contribution in [3.05, 3.63) is 52.3 Å². The first-order valence-electron chi connectivity index (χ1n) is 11.2. The number of aryl methyl sites for hydroxylation is 1. The minimum Gasteiger partial charge on any atom is -0.340 e. The van der Waals surface area contributed by atoms with Gasteiger partial charge in [0.05, 0.1) is 23.3 Å². The molecule has 1 atom stereocenters. The lowest BCUT2D eigenvalue weighted by Crippen LogP contribution is -2.44. The molecule has 3 amide bonds. The zero-order valence-electron chi connectivity index (χ0n) is 19.7. The molecule has 0 radical (unpaired) electrons. The molecular weight excluding hydrogens is 442 g/mol. The van der Waals surface area contributed by atoms with E-state index in [0.29, 0.717) is 23.7 Å². The second-order valence-electron chi connectivity index (χ2n) is 8.95. The molecule has 1 fully saturated rings. The van der Waals surface area contributed by atoms with Gasteiger partial charge in [-0.1, -0.05) is 43.1 Å². The van der Waals surface area contributed by atoms with E-state index in [-0.39, 0.29) is 37.1 Å². The molecule has 178 valence electrons. The van der Waals surface area contributed by atoms with E-state index in [1.807, 2.05) is 25.1 Å². The Morgan fingerprint density at radius 1 is 1.24 bits per heavy atom. The third-order valence-electron chi connectivity index (χ3n) is 6.05. The van der Waals surface area contributed by atoms with Crippen molar-refractivity contribution < 1.29 is 14.4 Å². The number of benzene rings is 1. The van der Waals surface area contributed by atoms with Gasteiger partial charge >= 0.3 is 0 Å². The molecule has 2 aromatic rings. The van der Waals surface area contributed by atoms with Crippen molar-refractivity contribution in [3.63, 3.8) is 0 Å². The zero-order chi connectivity index (χ0) is 24.2. The van der Waals surface area contributed by atoms with E-state index in [0.717, 1.165) is 24.2 Å². The van der Waals surface area contributed by atoms with Crippen LogP contribution in [0.5, 0.6) is 0 Å². The number of halogens is 1. The maximum absolute atomic E-state index is 13.6. The number of hydrogen-bond acceptors (Lipinski definition) is 5. The number of carbonyl (C=O) groups is 3. The van der Waals surface area contributed by atoms with Gasteiger partial charge in [0.2, 0.25) is 17.7 Å². The number of rotatable bonds is 10. The fourth-order valence-corrected chi connectivity index (χ4v) is 4.55. The number of hydrogen-bond donors (Lipinski definition) is 1. The number of H-pyrrole nitrogens is 1. The Kier molecular flexibility index (Phi) is 7.92. The van der Waals surface area contributed by atoms with Gasteiger partial charge in [-0.2, -0.15) is 5.10 Å². The van der Waals surface area contributed by atoms with E-state index in [2.05, 4.69) is 17.1 Å². The summed E-state index contributed by atoms with van der Waals surface area (Å²) in [4.78, 5) is 44.6. The lowest BCUT2D eigenvalue weighted by atomic mass is 9.75. The lowest BCUT2D eigenvalue weighted by molar-refractivity contribution is -0.142. The predicted molar refractivity (Wildman–Crippen MR) is 127 cm³/mol. The maximum atomic E-state index is 13.6. The summed E-state index contributed by atoms with van der Waals surface area (Å²) in [6, 6.07) is 8.92. The van der Waals surface area contributed by atoms with Gasteiger partial charge in [0.1, 0.15) is 0 Å². The van der Waals surface area contributed by atoms with E-state index >= 15 is 0 Å². The van der Waals surface area contributed by atoms with Crippen molar-refractivity contribution in [3.8, 4) is 0 Å². The topological polar surface area (TPSA) is 89.6 Å². The second-order valence-corrected chi connectivity index (χ2v) is 9.36. The number of likely N-dealkylation sites (tertiary alicyclic amines) is 1. The van der Waals surface area contributed by atoms with Crippen LogP contribution in [0.3, 0.4) is 0 Å². The third-order valence-corrected chi connectivity index (χ3v) is 6.37. The Labute approximate surface area is 199 Å². The normalized spacial score (nSPS) is 18.4. The van der Waals surface area contributed by atoms with Crippen LogP contribution in [0.15, 0.2) is 30.3 Å². The van der Waals surface area contributed by atoms with Crippen LogP contribution in [0, 0.1) is 0 Å². The number of amides is 3. The molecule has 2 heterocycles. The quantitative estimate of drug-likeness (QED) is 0.536. The highest BCUT2D eigenvalue weighted by Crippen LogP contribution is 2.43. The van der Waals surface area contributed by atoms with Crippen LogP contribution in [-0.4, -0.2) is 76.9 Å². The van der Waals surface area contributed by atoms with Gasteiger partial charge in [0, 0.05) is 38.0 Å². The highest BCUT2D eigenvalue weighted by atomic mass is 35.5. The Morgan fingerprint density at radius 2 is 1.97 bits per heavy atom. The first-order valence-corrected chi connectivity index (χ1v) is 11.6. The van der Waals surface area contributed by atoms with Crippen molar-refractivity contribution in [2.45, 2.75) is 44.6 Å². The summed E-state index contributed by atoms with van der Waals surface area (Å²) in [5, 5.41) is 7.62. The number of nitrogens with zero attached hydrogens (tertiary/aromatic N) is 4. The van der Waals surface area contributed by atoms with E-state index in [4.69, 9.17) is 11.6 Å². The Hall–Kier alpha value is -2.71. The first-order chi connectivity index (χ1) is 15.7. The highest BCUT2D eigenvalue weighted by Gasteiger charge is 2.54. The maximum Gasteiger partial charge on any atom is 0.240 e. The van der Waals surface area contributed by atoms with Gasteiger partial charge in [0.15, 0.2) is 0 Å². The molecule has 0 saturated carbocycles. The van der Waals surface area contributed by atoms with Crippen LogP contribution in [0.4, 0.5) is 0 Å². The van der Waals surface area contributed by atoms with Crippen LogP contribution >= 0.6 is 11.6 Å². The fraction of sp³-hybridized carbons (Fsp3) is 0.500. The minimum absolute atomic E-state index is 0.0761. The molecule has 33 heavy (non-hydrogen) atoms. The summed E-state index contributed by atoms with van der Waals surface area (Å²) >= 11 is 6.48. The fourth-order valence-electron chi connectivity index (χ4n) is 4.23. The van der Waals surface area contributed by atoms with E-state index in [1.165, 1.54) is 4.90 Å². The van der Waals surface area contributed by atoms with Crippen molar-refractivity contribution in [2.75, 3.05) is 34.2 Å². The van der Waals surface area contributed by atoms with Gasteiger partial charge in [-0.05, 0) is 38.2 Å². The molecule has 1 aromatic heterocycles. The van der Waals surface area contributed by atoms with Gasteiger partial charge < -0.3 is 9.80 Å². The molecule has 9 heteroatoms. The Bertz CT molecular complexity index is 1020. The summed E-state index contributed by atoms with van der Waals surface area (Å²) < 4.78 is 0. The van der Waals surface area contributed by atoms with Crippen LogP contribution in [0.2, 0.25) is 5.02 Å². The molecular formula is C24H32ClN5O3. The summed E-state index contributed by atoms with van der Waals surface area (Å²) in [5.41, 5.74) is 0.983. The van der Waals surface area contributed by atoms with Gasteiger partial charge in [-0.25, -0.2) is 0 Å². The largest absolute Gasteiger partial charge is 0.340 e. The number of aromatic amines is 1. The number of carbonyl (C=O) groups excluding carboxylic acids is 3. The Morgan fingerprint density at radius 3 is 2.64 bits per heavy atom. The molecule has 3 rings (SSSR count). The van der Waals surface area contributed by atoms with Crippen LogP contribution < -0.4 is 0 Å². The lowest BCUT2D eigenvalue weighted by Gasteiger charge is -2.30. The Balaban J connectivity index is 1.86. The van der Waals surface area contributed by atoms with E-state index < -0.39 is 5.41 Å². The van der Waals surface area contributed by atoms with Crippen LogP contribution in [0.25, 0.3) is 0 Å². The molecule has 0 bridgehead atoms. The number of imide groups is 1. The SMILES string of the molecule is CCCc1cc(CN(C)C(=O)C[C@@]2(c3ccccc3Cl)CC(=O)N(CCN(C)C)C2=O)[nH]n1. The first kappa shape index (κ1) is 24.9. The molecule has 0 aliphatic carbocycles. The van der Waals surface area contributed by atoms with Crippen molar-refractivity contribution in [1.82, 2.24) is 24.9 Å². The monoisotopic (exact) mass is 473 g/mol. The van der Waals surface area contributed by atoms with Crippen molar-refractivity contribution in [2.24, 2.45) is 0 Å².